The van der Waals surface area contributed by atoms with Crippen LogP contribution in [0.1, 0.15) is 0 Å². The van der Waals surface area contributed by atoms with Gasteiger partial charge < -0.3 is 5.32 Å². The summed E-state index contributed by atoms with van der Waals surface area (Å²) in [5.41, 5.74) is 1.50. The number of hydrogen-bond acceptors (Lipinski definition) is 3. The molecule has 0 unspecified atom stereocenters. The van der Waals surface area contributed by atoms with Gasteiger partial charge in [-0.1, -0.05) is 29.8 Å². The van der Waals surface area contributed by atoms with Crippen molar-refractivity contribution in [1.82, 2.24) is 0 Å². The number of nitrogens with zero attached hydrogens (tertiary/aromatic N) is 1. The molecule has 0 aromatic heterocycles. The lowest BCUT2D eigenvalue weighted by Gasteiger charge is -2.07. The smallest absolute Gasteiger partial charge is 0.271 e. The van der Waals surface area contributed by atoms with Crippen molar-refractivity contribution < 1.29 is 4.92 Å². The molecule has 0 aliphatic heterocycles. The molecule has 0 atom stereocenters. The Bertz CT molecular complexity index is 543. The van der Waals surface area contributed by atoms with Crippen LogP contribution in [0.25, 0.3) is 0 Å². The molecule has 0 saturated heterocycles. The summed E-state index contributed by atoms with van der Waals surface area (Å²) in [6.07, 6.45) is 0. The molecule has 2 aromatic carbocycles. The Morgan fingerprint density at radius 3 is 2.41 bits per heavy atom. The summed E-state index contributed by atoms with van der Waals surface area (Å²) in [5, 5.41) is 14.0. The molecule has 86 valence electrons. The fourth-order valence-corrected chi connectivity index (χ4v) is 1.62. The number of nitrogens with one attached hydrogen (secondary N) is 1. The minimum absolute atomic E-state index is 0.0198. The number of anilines is 2. The highest BCUT2D eigenvalue weighted by atomic mass is 35.5. The predicted molar refractivity (Wildman–Crippen MR) is 67.8 cm³/mol. The molecule has 0 aliphatic carbocycles. The highest BCUT2D eigenvalue weighted by Gasteiger charge is 2.09. The average Bonchev–Trinajstić information content (AvgIpc) is 2.33. The minimum Gasteiger partial charge on any atom is -0.354 e. The summed E-state index contributed by atoms with van der Waals surface area (Å²) in [5.74, 6) is 0. The van der Waals surface area contributed by atoms with Crippen LogP contribution in [0, 0.1) is 10.1 Å². The molecule has 0 saturated carbocycles. The van der Waals surface area contributed by atoms with Crippen molar-refractivity contribution in [1.29, 1.82) is 0 Å². The van der Waals surface area contributed by atoms with Crippen LogP contribution in [0.15, 0.2) is 48.5 Å². The van der Waals surface area contributed by atoms with Crippen LogP contribution in [0.2, 0.25) is 5.02 Å². The summed E-state index contributed by atoms with van der Waals surface area (Å²) < 4.78 is 0. The first-order valence-corrected chi connectivity index (χ1v) is 5.30. The molecule has 2 aromatic rings. The van der Waals surface area contributed by atoms with E-state index in [2.05, 4.69) is 5.32 Å². The van der Waals surface area contributed by atoms with Crippen LogP contribution >= 0.6 is 11.6 Å². The van der Waals surface area contributed by atoms with Gasteiger partial charge in [-0.3, -0.25) is 10.1 Å². The van der Waals surface area contributed by atoms with E-state index in [9.17, 15) is 10.1 Å². The van der Waals surface area contributed by atoms with Gasteiger partial charge in [-0.2, -0.15) is 0 Å². The zero-order chi connectivity index (χ0) is 12.3. The van der Waals surface area contributed by atoms with Gasteiger partial charge in [0.2, 0.25) is 0 Å². The molecule has 17 heavy (non-hydrogen) atoms. The summed E-state index contributed by atoms with van der Waals surface area (Å²) in [6.45, 7) is 0. The van der Waals surface area contributed by atoms with Crippen LogP contribution < -0.4 is 5.32 Å². The standard InChI is InChI=1S/C12H9ClN2O2/c13-11-8-10(15(16)17)6-7-12(11)14-9-4-2-1-3-5-9/h1-8,14H. The molecule has 0 amide bonds. The number of hydrogen-bond donors (Lipinski definition) is 1. The number of halogens is 1. The average molecular weight is 249 g/mol. The van der Waals surface area contributed by atoms with E-state index in [0.29, 0.717) is 10.7 Å². The van der Waals surface area contributed by atoms with Gasteiger partial charge in [-0.15, -0.1) is 0 Å². The quantitative estimate of drug-likeness (QED) is 0.660. The number of nitro groups is 1. The number of benzene rings is 2. The first-order chi connectivity index (χ1) is 8.16. The maximum atomic E-state index is 10.5. The van der Waals surface area contributed by atoms with E-state index in [1.165, 1.54) is 12.1 Å². The van der Waals surface area contributed by atoms with Crippen molar-refractivity contribution in [2.45, 2.75) is 0 Å². The molecule has 1 N–H and O–H groups in total. The van der Waals surface area contributed by atoms with Crippen molar-refractivity contribution in [3.8, 4) is 0 Å². The van der Waals surface area contributed by atoms with Crippen LogP contribution in [-0.4, -0.2) is 4.92 Å². The monoisotopic (exact) mass is 248 g/mol. The van der Waals surface area contributed by atoms with Gasteiger partial charge in [0.15, 0.2) is 0 Å². The highest BCUT2D eigenvalue weighted by Crippen LogP contribution is 2.28. The Morgan fingerprint density at radius 2 is 1.82 bits per heavy atom. The third-order valence-electron chi connectivity index (χ3n) is 2.22. The van der Waals surface area contributed by atoms with E-state index >= 15 is 0 Å². The first kappa shape index (κ1) is 11.4. The van der Waals surface area contributed by atoms with Crippen molar-refractivity contribution >= 4 is 28.7 Å². The summed E-state index contributed by atoms with van der Waals surface area (Å²) >= 11 is 5.96. The zero-order valence-electron chi connectivity index (χ0n) is 8.76. The Balaban J connectivity index is 2.26. The molecule has 0 spiro atoms. The number of para-hydroxylation sites is 1. The lowest BCUT2D eigenvalue weighted by atomic mass is 10.2. The zero-order valence-corrected chi connectivity index (χ0v) is 9.52. The third-order valence-corrected chi connectivity index (χ3v) is 2.53. The van der Waals surface area contributed by atoms with Crippen molar-refractivity contribution in [2.24, 2.45) is 0 Å². The molecular formula is C12H9ClN2O2. The lowest BCUT2D eigenvalue weighted by molar-refractivity contribution is -0.384. The predicted octanol–water partition coefficient (Wildman–Crippen LogP) is 3.99. The molecule has 5 heteroatoms. The largest absolute Gasteiger partial charge is 0.354 e. The Labute approximate surface area is 103 Å². The first-order valence-electron chi connectivity index (χ1n) is 4.93. The van der Waals surface area contributed by atoms with Gasteiger partial charge in [0.1, 0.15) is 0 Å². The molecule has 0 aliphatic rings. The summed E-state index contributed by atoms with van der Waals surface area (Å²) in [6, 6.07) is 13.8. The SMILES string of the molecule is O=[N+]([O-])c1ccc(Nc2ccccc2)c(Cl)c1. The second kappa shape index (κ2) is 4.84. The maximum Gasteiger partial charge on any atom is 0.271 e. The third kappa shape index (κ3) is 2.73. The Kier molecular flexibility index (Phi) is 3.25. The van der Waals surface area contributed by atoms with E-state index in [1.54, 1.807) is 6.07 Å². The molecule has 0 heterocycles. The Morgan fingerprint density at radius 1 is 1.12 bits per heavy atom. The second-order valence-corrected chi connectivity index (χ2v) is 3.82. The van der Waals surface area contributed by atoms with E-state index in [0.717, 1.165) is 5.69 Å². The highest BCUT2D eigenvalue weighted by molar-refractivity contribution is 6.33. The molecule has 0 fully saturated rings. The van der Waals surface area contributed by atoms with E-state index in [-0.39, 0.29) is 5.69 Å². The van der Waals surface area contributed by atoms with Crippen molar-refractivity contribution in [3.63, 3.8) is 0 Å². The van der Waals surface area contributed by atoms with Gasteiger partial charge in [0.05, 0.1) is 15.6 Å². The molecule has 0 bridgehead atoms. The van der Waals surface area contributed by atoms with Crippen LogP contribution in [0.5, 0.6) is 0 Å². The summed E-state index contributed by atoms with van der Waals surface area (Å²) in [4.78, 5) is 10.1. The van der Waals surface area contributed by atoms with E-state index in [4.69, 9.17) is 11.6 Å². The van der Waals surface area contributed by atoms with Crippen molar-refractivity contribution in [2.75, 3.05) is 5.32 Å². The molecule has 0 radical (unpaired) electrons. The Hall–Kier alpha value is -2.07. The number of nitro benzene ring substituents is 1. The second-order valence-electron chi connectivity index (χ2n) is 3.41. The molecule has 2 rings (SSSR count). The minimum atomic E-state index is -0.474. The van der Waals surface area contributed by atoms with Gasteiger partial charge in [0, 0.05) is 17.8 Å². The lowest BCUT2D eigenvalue weighted by Crippen LogP contribution is -1.93. The fraction of sp³-hybridized carbons (Fsp3) is 0. The normalized spacial score (nSPS) is 9.94. The number of rotatable bonds is 3. The molecular weight excluding hydrogens is 240 g/mol. The maximum absolute atomic E-state index is 10.5. The number of non-ortho nitro benzene ring substituents is 1. The van der Waals surface area contributed by atoms with Gasteiger partial charge in [-0.05, 0) is 18.2 Å². The van der Waals surface area contributed by atoms with Crippen molar-refractivity contribution in [3.05, 3.63) is 63.7 Å². The topological polar surface area (TPSA) is 55.2 Å². The van der Waals surface area contributed by atoms with Crippen LogP contribution in [-0.2, 0) is 0 Å². The summed E-state index contributed by atoms with van der Waals surface area (Å²) in [7, 11) is 0. The fourth-order valence-electron chi connectivity index (χ4n) is 1.40. The van der Waals surface area contributed by atoms with E-state index in [1.807, 2.05) is 30.3 Å². The van der Waals surface area contributed by atoms with Gasteiger partial charge in [-0.25, -0.2) is 0 Å². The van der Waals surface area contributed by atoms with Crippen LogP contribution in [0.3, 0.4) is 0 Å². The molecule has 4 nitrogen and oxygen atoms in total. The van der Waals surface area contributed by atoms with Gasteiger partial charge in [0.25, 0.3) is 5.69 Å². The van der Waals surface area contributed by atoms with Gasteiger partial charge >= 0.3 is 0 Å². The van der Waals surface area contributed by atoms with E-state index < -0.39 is 4.92 Å². The van der Waals surface area contributed by atoms with Crippen LogP contribution in [0.4, 0.5) is 17.1 Å².